The average Bonchev–Trinajstić information content (AvgIpc) is 3.83. The Bertz CT molecular complexity index is 1990. The van der Waals surface area contributed by atoms with Crippen LogP contribution >= 0.6 is 0 Å². The van der Waals surface area contributed by atoms with Crippen molar-refractivity contribution in [3.05, 3.63) is 95.2 Å². The van der Waals surface area contributed by atoms with Gasteiger partial charge in [0, 0.05) is 88.7 Å². The van der Waals surface area contributed by atoms with Gasteiger partial charge in [-0.3, -0.25) is 19.4 Å². The summed E-state index contributed by atoms with van der Waals surface area (Å²) >= 11 is 0. The molecule has 0 bridgehead atoms. The molecule has 3 aliphatic heterocycles. The van der Waals surface area contributed by atoms with Crippen molar-refractivity contribution < 1.29 is 26.6 Å². The van der Waals surface area contributed by atoms with Crippen LogP contribution in [-0.4, -0.2) is 108 Å². The molecule has 0 aliphatic carbocycles. The first-order valence-electron chi connectivity index (χ1n) is 17.7. The molecule has 7 rings (SSSR count). The van der Waals surface area contributed by atoms with Crippen molar-refractivity contribution in [2.75, 3.05) is 58.6 Å². The molecule has 13 heteroatoms. The minimum absolute atomic E-state index is 0.0508. The molecule has 11 nitrogen and oxygen atoms in total. The third kappa shape index (κ3) is 8.61. The summed E-state index contributed by atoms with van der Waals surface area (Å²) in [6.45, 7) is 7.64. The Labute approximate surface area is 302 Å². The molecule has 1 unspecified atom stereocenters. The van der Waals surface area contributed by atoms with E-state index in [4.69, 9.17) is 4.42 Å². The molecule has 1 N–H and O–H groups in total. The van der Waals surface area contributed by atoms with E-state index in [2.05, 4.69) is 27.2 Å². The van der Waals surface area contributed by atoms with E-state index < -0.39 is 20.8 Å². The van der Waals surface area contributed by atoms with Crippen LogP contribution in [0.5, 0.6) is 0 Å². The number of piperidine rings is 1. The molecule has 1 aromatic heterocycles. The van der Waals surface area contributed by atoms with Gasteiger partial charge in [-0.2, -0.15) is 0 Å². The number of piperazine rings is 1. The summed E-state index contributed by atoms with van der Waals surface area (Å²) in [4.78, 5) is 34.2. The van der Waals surface area contributed by atoms with E-state index in [0.29, 0.717) is 54.2 Å². The molecule has 4 aromatic rings. The van der Waals surface area contributed by atoms with Gasteiger partial charge in [-0.15, -0.1) is 0 Å². The average molecular weight is 732 g/mol. The Hall–Kier alpha value is -3.88. The maximum absolute atomic E-state index is 13.4. The number of likely N-dealkylation sites (tertiary alicyclic amines) is 1. The highest BCUT2D eigenvalue weighted by atomic mass is 32.2. The minimum atomic E-state index is -3.23. The lowest BCUT2D eigenvalue weighted by Crippen LogP contribution is -2.48. The lowest BCUT2D eigenvalue weighted by atomic mass is 10.0. The van der Waals surface area contributed by atoms with Crippen LogP contribution in [0.1, 0.15) is 57.7 Å². The zero-order chi connectivity index (χ0) is 35.5. The second-order valence-electron chi connectivity index (χ2n) is 13.9. The van der Waals surface area contributed by atoms with E-state index >= 15 is 0 Å². The lowest BCUT2D eigenvalue weighted by molar-refractivity contribution is 0.0628. The van der Waals surface area contributed by atoms with Gasteiger partial charge in [-0.25, -0.2) is 16.9 Å². The van der Waals surface area contributed by atoms with Crippen molar-refractivity contribution in [3.8, 4) is 0 Å². The molecular formula is C38H45N5O6S2. The monoisotopic (exact) mass is 731 g/mol. The summed E-state index contributed by atoms with van der Waals surface area (Å²) in [5, 5.41) is 3.86. The summed E-state index contributed by atoms with van der Waals surface area (Å²) in [6.07, 6.45) is 5.10. The van der Waals surface area contributed by atoms with Crippen LogP contribution in [0.15, 0.2) is 87.0 Å². The number of hydrogen-bond acceptors (Lipinski definition) is 8. The number of hydrogen-bond donors (Lipinski definition) is 1. The molecule has 3 aliphatic rings. The van der Waals surface area contributed by atoms with E-state index in [1.165, 1.54) is 11.8 Å². The van der Waals surface area contributed by atoms with Gasteiger partial charge in [0.25, 0.3) is 11.8 Å². The number of nitrogens with one attached hydrogen (secondary N) is 1. The van der Waals surface area contributed by atoms with Gasteiger partial charge in [0.15, 0.2) is 15.6 Å². The first-order chi connectivity index (χ1) is 24.6. The number of fused-ring (bicyclic) bond motifs is 1. The van der Waals surface area contributed by atoms with Crippen LogP contribution in [-0.2, 0) is 33.9 Å². The van der Waals surface area contributed by atoms with Crippen molar-refractivity contribution in [2.24, 2.45) is 0 Å². The fourth-order valence-corrected chi connectivity index (χ4v) is 9.03. The smallest absolute Gasteiger partial charge is 0.287 e. The molecule has 0 radical (unpaired) electrons. The predicted octanol–water partition coefficient (Wildman–Crippen LogP) is 4.31. The van der Waals surface area contributed by atoms with E-state index in [9.17, 15) is 22.2 Å². The number of sulfone groups is 1. The van der Waals surface area contributed by atoms with Crippen molar-refractivity contribution in [1.82, 2.24) is 24.3 Å². The second-order valence-corrected chi connectivity index (χ2v) is 17.4. The minimum Gasteiger partial charge on any atom is -0.451 e. The van der Waals surface area contributed by atoms with Gasteiger partial charge < -0.3 is 14.6 Å². The van der Waals surface area contributed by atoms with Crippen molar-refractivity contribution in [1.29, 1.82) is 0 Å². The fourth-order valence-electron chi connectivity index (χ4n) is 7.14. The van der Waals surface area contributed by atoms with Gasteiger partial charge in [0.1, 0.15) is 16.6 Å². The SMILES string of the molecule is CS(=O)(=O)c1ccc(CN2CCN(C(=O)c3ccc4oc(C(=O)NC5CCN(Cc6ccc(S(=O)N7CCCC7)cc6)CC5)cc4c3)CC2)cc1. The molecule has 0 spiro atoms. The number of amides is 2. The summed E-state index contributed by atoms with van der Waals surface area (Å²) in [6, 6.07) is 22.1. The van der Waals surface area contributed by atoms with Crippen LogP contribution in [0.2, 0.25) is 0 Å². The summed E-state index contributed by atoms with van der Waals surface area (Å²) < 4.78 is 44.2. The third-order valence-electron chi connectivity index (χ3n) is 10.2. The van der Waals surface area contributed by atoms with Gasteiger partial charge in [0.05, 0.1) is 9.79 Å². The number of rotatable bonds is 10. The van der Waals surface area contributed by atoms with Crippen molar-refractivity contribution in [3.63, 3.8) is 0 Å². The second kappa shape index (κ2) is 15.4. The first kappa shape index (κ1) is 35.5. The van der Waals surface area contributed by atoms with E-state index in [-0.39, 0.29) is 23.6 Å². The van der Waals surface area contributed by atoms with Crippen molar-refractivity contribution in [2.45, 2.75) is 54.6 Å². The zero-order valence-electron chi connectivity index (χ0n) is 29.0. The van der Waals surface area contributed by atoms with Crippen LogP contribution in [0, 0.1) is 0 Å². The Balaban J connectivity index is 0.869. The van der Waals surface area contributed by atoms with Gasteiger partial charge in [0.2, 0.25) is 0 Å². The molecule has 3 fully saturated rings. The first-order valence-corrected chi connectivity index (χ1v) is 20.7. The molecule has 0 saturated carbocycles. The standard InChI is InChI=1S/C38H45N5O6S2/c1-51(47,48)34-11-6-29(7-12-34)27-41-20-22-42(23-21-41)38(45)30-8-13-35-31(24-30)25-36(49-35)37(44)39-32-14-18-40(19-15-32)26-28-4-9-33(10-5-28)50(46)43-16-2-3-17-43/h4-13,24-25,32H,2-3,14-23,26-27H2,1H3,(H,39,44). The lowest BCUT2D eigenvalue weighted by Gasteiger charge is -2.34. The maximum atomic E-state index is 13.4. The molecule has 2 amide bonds. The molecule has 3 aromatic carbocycles. The quantitative estimate of drug-likeness (QED) is 0.256. The number of nitrogens with zero attached hydrogens (tertiary/aromatic N) is 4. The molecular weight excluding hydrogens is 687 g/mol. The highest BCUT2D eigenvalue weighted by Gasteiger charge is 2.26. The number of carbonyl (C=O) groups is 2. The third-order valence-corrected chi connectivity index (χ3v) is 12.8. The normalized spacial score (nSPS) is 19.0. The van der Waals surface area contributed by atoms with Crippen LogP contribution in [0.25, 0.3) is 11.0 Å². The van der Waals surface area contributed by atoms with E-state index in [0.717, 1.165) is 68.9 Å². The summed E-state index contributed by atoms with van der Waals surface area (Å²) in [5.74, 6) is -0.0659. The number of benzene rings is 3. The van der Waals surface area contributed by atoms with Crippen LogP contribution in [0.3, 0.4) is 0 Å². The Morgan fingerprint density at radius 2 is 1.39 bits per heavy atom. The summed E-state index contributed by atoms with van der Waals surface area (Å²) in [7, 11) is -4.30. The van der Waals surface area contributed by atoms with Gasteiger partial charge in [-0.05, 0) is 85.3 Å². The molecule has 4 heterocycles. The zero-order valence-corrected chi connectivity index (χ0v) is 30.6. The fraction of sp³-hybridized carbons (Fsp3) is 0.421. The summed E-state index contributed by atoms with van der Waals surface area (Å²) in [5.41, 5.74) is 3.34. The highest BCUT2D eigenvalue weighted by molar-refractivity contribution is 7.90. The molecule has 51 heavy (non-hydrogen) atoms. The largest absolute Gasteiger partial charge is 0.451 e. The topological polar surface area (TPSA) is 123 Å². The van der Waals surface area contributed by atoms with Crippen LogP contribution < -0.4 is 5.32 Å². The molecule has 270 valence electrons. The Kier molecular flexibility index (Phi) is 10.7. The van der Waals surface area contributed by atoms with Gasteiger partial charge in [-0.1, -0.05) is 24.3 Å². The van der Waals surface area contributed by atoms with Gasteiger partial charge >= 0.3 is 0 Å². The molecule has 3 saturated heterocycles. The maximum Gasteiger partial charge on any atom is 0.287 e. The Morgan fingerprint density at radius 3 is 2.02 bits per heavy atom. The van der Waals surface area contributed by atoms with Crippen molar-refractivity contribution >= 4 is 43.6 Å². The highest BCUT2D eigenvalue weighted by Crippen LogP contribution is 2.24. The van der Waals surface area contributed by atoms with Crippen LogP contribution in [0.4, 0.5) is 0 Å². The van der Waals surface area contributed by atoms with E-state index in [1.807, 2.05) is 33.5 Å². The molecule has 1 atom stereocenters. The predicted molar refractivity (Wildman–Crippen MR) is 196 cm³/mol. The van der Waals surface area contributed by atoms with E-state index in [1.54, 1.807) is 36.4 Å². The number of furan rings is 1. The Morgan fingerprint density at radius 1 is 0.784 bits per heavy atom. The number of carbonyl (C=O) groups excluding carboxylic acids is 2.